The zero-order chi connectivity index (χ0) is 22.3. The van der Waals surface area contributed by atoms with Crippen molar-refractivity contribution in [2.75, 3.05) is 14.2 Å². The van der Waals surface area contributed by atoms with Crippen LogP contribution in [0.4, 0.5) is 0 Å². The van der Waals surface area contributed by atoms with Crippen molar-refractivity contribution in [3.05, 3.63) is 130 Å². The number of carbonyl (C=O) groups excluding carboxylic acids is 1. The molecule has 0 radical (unpaired) electrons. The molecule has 0 spiro atoms. The van der Waals surface area contributed by atoms with E-state index in [1.165, 1.54) is 0 Å². The number of ketones is 1. The number of hydrogen-bond acceptors (Lipinski definition) is 3. The third-order valence-corrected chi connectivity index (χ3v) is 5.59. The number of carbonyl (C=O) groups is 1. The van der Waals surface area contributed by atoms with Crippen molar-refractivity contribution in [2.24, 2.45) is 0 Å². The minimum absolute atomic E-state index is 0.00664. The predicted molar refractivity (Wildman–Crippen MR) is 128 cm³/mol. The third-order valence-electron chi connectivity index (χ3n) is 5.59. The Hall–Kier alpha value is -3.85. The number of benzene rings is 4. The molecule has 0 aliphatic rings. The maximum Gasteiger partial charge on any atom is 0.193 e. The van der Waals surface area contributed by atoms with Gasteiger partial charge in [0.05, 0.1) is 14.2 Å². The Morgan fingerprint density at radius 2 is 1.00 bits per heavy atom. The van der Waals surface area contributed by atoms with Gasteiger partial charge in [-0.25, -0.2) is 0 Å². The van der Waals surface area contributed by atoms with Crippen molar-refractivity contribution in [2.45, 2.75) is 12.8 Å². The summed E-state index contributed by atoms with van der Waals surface area (Å²) >= 11 is 0. The van der Waals surface area contributed by atoms with Gasteiger partial charge in [-0.2, -0.15) is 0 Å². The van der Waals surface area contributed by atoms with E-state index in [1.54, 1.807) is 14.2 Å². The lowest BCUT2D eigenvalue weighted by molar-refractivity contribution is 0.103. The number of ether oxygens (including phenoxy) is 2. The normalized spacial score (nSPS) is 10.6. The van der Waals surface area contributed by atoms with Gasteiger partial charge < -0.3 is 9.47 Å². The van der Waals surface area contributed by atoms with Crippen LogP contribution in [0.15, 0.2) is 97.1 Å². The van der Waals surface area contributed by atoms with E-state index in [2.05, 4.69) is 24.3 Å². The Kier molecular flexibility index (Phi) is 6.66. The number of hydrogen-bond donors (Lipinski definition) is 0. The highest BCUT2D eigenvalue weighted by Crippen LogP contribution is 2.27. The van der Waals surface area contributed by atoms with Crippen molar-refractivity contribution in [1.82, 2.24) is 0 Å². The third kappa shape index (κ3) is 4.89. The molecule has 4 rings (SSSR count). The molecule has 0 atom stereocenters. The van der Waals surface area contributed by atoms with E-state index in [0.717, 1.165) is 33.8 Å². The zero-order valence-electron chi connectivity index (χ0n) is 18.4. The van der Waals surface area contributed by atoms with Crippen molar-refractivity contribution in [3.63, 3.8) is 0 Å². The molecule has 0 unspecified atom stereocenters. The molecule has 160 valence electrons. The molecule has 0 saturated carbocycles. The Morgan fingerprint density at radius 1 is 0.594 bits per heavy atom. The van der Waals surface area contributed by atoms with E-state index in [0.29, 0.717) is 24.0 Å². The average Bonchev–Trinajstić information content (AvgIpc) is 2.85. The Labute approximate surface area is 189 Å². The van der Waals surface area contributed by atoms with Crippen LogP contribution in [0, 0.1) is 0 Å². The largest absolute Gasteiger partial charge is 0.497 e. The lowest BCUT2D eigenvalue weighted by Gasteiger charge is -2.15. The summed E-state index contributed by atoms with van der Waals surface area (Å²) in [6.07, 6.45) is 1.31. The molecular weight excluding hydrogens is 396 g/mol. The molecule has 0 fully saturated rings. The Balaban J connectivity index is 1.75. The minimum atomic E-state index is 0.00664. The fourth-order valence-electron chi connectivity index (χ4n) is 3.91. The highest BCUT2D eigenvalue weighted by Gasteiger charge is 2.19. The van der Waals surface area contributed by atoms with Crippen LogP contribution in [0.25, 0.3) is 0 Å². The molecule has 4 aromatic rings. The van der Waals surface area contributed by atoms with Gasteiger partial charge in [0, 0.05) is 11.1 Å². The summed E-state index contributed by atoms with van der Waals surface area (Å²) < 4.78 is 10.9. The molecule has 0 heterocycles. The summed E-state index contributed by atoms with van der Waals surface area (Å²) in [5.74, 6) is 1.49. The van der Waals surface area contributed by atoms with Gasteiger partial charge in [-0.3, -0.25) is 4.79 Å². The second-order valence-electron chi connectivity index (χ2n) is 7.70. The van der Waals surface area contributed by atoms with E-state index < -0.39 is 0 Å². The first-order chi connectivity index (χ1) is 15.7. The molecule has 32 heavy (non-hydrogen) atoms. The topological polar surface area (TPSA) is 35.5 Å². The van der Waals surface area contributed by atoms with Gasteiger partial charge in [0.15, 0.2) is 5.78 Å². The monoisotopic (exact) mass is 422 g/mol. The van der Waals surface area contributed by atoms with Crippen molar-refractivity contribution in [3.8, 4) is 11.5 Å². The fraction of sp³-hybridized carbons (Fsp3) is 0.138. The van der Waals surface area contributed by atoms with E-state index >= 15 is 0 Å². The lowest BCUT2D eigenvalue weighted by atomic mass is 9.90. The van der Waals surface area contributed by atoms with E-state index in [-0.39, 0.29) is 5.78 Å². The van der Waals surface area contributed by atoms with Crippen molar-refractivity contribution in [1.29, 1.82) is 0 Å². The molecule has 0 amide bonds. The second kappa shape index (κ2) is 9.97. The highest BCUT2D eigenvalue weighted by molar-refractivity contribution is 6.11. The van der Waals surface area contributed by atoms with E-state index in [4.69, 9.17) is 9.47 Å². The zero-order valence-corrected chi connectivity index (χ0v) is 18.4. The summed E-state index contributed by atoms with van der Waals surface area (Å²) in [5.41, 5.74) is 5.57. The van der Waals surface area contributed by atoms with Crippen LogP contribution in [-0.4, -0.2) is 20.0 Å². The van der Waals surface area contributed by atoms with Crippen LogP contribution < -0.4 is 9.47 Å². The van der Waals surface area contributed by atoms with Crippen LogP contribution in [0.2, 0.25) is 0 Å². The molecule has 0 aliphatic carbocycles. The smallest absolute Gasteiger partial charge is 0.193 e. The van der Waals surface area contributed by atoms with Crippen LogP contribution in [0.5, 0.6) is 11.5 Å². The molecular formula is C29H26O3. The minimum Gasteiger partial charge on any atom is -0.497 e. The Morgan fingerprint density at radius 3 is 1.38 bits per heavy atom. The molecule has 0 aliphatic heterocycles. The van der Waals surface area contributed by atoms with Gasteiger partial charge >= 0.3 is 0 Å². The fourth-order valence-corrected chi connectivity index (χ4v) is 3.91. The van der Waals surface area contributed by atoms with Gasteiger partial charge in [0.1, 0.15) is 11.5 Å². The van der Waals surface area contributed by atoms with E-state index in [9.17, 15) is 4.79 Å². The van der Waals surface area contributed by atoms with Gasteiger partial charge in [-0.05, 0) is 71.5 Å². The first kappa shape index (κ1) is 21.4. The maximum absolute atomic E-state index is 13.8. The number of methoxy groups -OCH3 is 2. The first-order valence-corrected chi connectivity index (χ1v) is 10.6. The molecule has 0 aromatic heterocycles. The van der Waals surface area contributed by atoms with Crippen molar-refractivity contribution >= 4 is 5.78 Å². The standard InChI is InChI=1S/C29H26O3/c1-31-25-13-15-27(23(19-25)17-21-9-5-3-6-10-21)29(30)28-16-14-26(32-2)20-24(28)18-22-11-7-4-8-12-22/h3-16,19-20H,17-18H2,1-2H3. The predicted octanol–water partition coefficient (Wildman–Crippen LogP) is 6.12. The van der Waals surface area contributed by atoms with Crippen LogP contribution in [0.3, 0.4) is 0 Å². The second-order valence-corrected chi connectivity index (χ2v) is 7.70. The van der Waals surface area contributed by atoms with Crippen LogP contribution >= 0.6 is 0 Å². The molecule has 0 bridgehead atoms. The molecule has 0 saturated heterocycles. The lowest BCUT2D eigenvalue weighted by Crippen LogP contribution is -2.10. The molecule has 4 aromatic carbocycles. The van der Waals surface area contributed by atoms with Gasteiger partial charge in [-0.15, -0.1) is 0 Å². The summed E-state index contributed by atoms with van der Waals surface area (Å²) in [5, 5.41) is 0. The van der Waals surface area contributed by atoms with Gasteiger partial charge in [0.2, 0.25) is 0 Å². The first-order valence-electron chi connectivity index (χ1n) is 10.6. The summed E-state index contributed by atoms with van der Waals surface area (Å²) in [6, 6.07) is 31.7. The molecule has 0 N–H and O–H groups in total. The summed E-state index contributed by atoms with van der Waals surface area (Å²) in [6.45, 7) is 0. The number of rotatable bonds is 8. The quantitative estimate of drug-likeness (QED) is 0.321. The van der Waals surface area contributed by atoms with Crippen LogP contribution in [-0.2, 0) is 12.8 Å². The average molecular weight is 423 g/mol. The summed E-state index contributed by atoms with van der Waals surface area (Å²) in [4.78, 5) is 13.8. The molecule has 3 heteroatoms. The highest BCUT2D eigenvalue weighted by atomic mass is 16.5. The summed E-state index contributed by atoms with van der Waals surface area (Å²) in [7, 11) is 3.29. The maximum atomic E-state index is 13.8. The van der Waals surface area contributed by atoms with Gasteiger partial charge in [-0.1, -0.05) is 60.7 Å². The van der Waals surface area contributed by atoms with E-state index in [1.807, 2.05) is 72.8 Å². The van der Waals surface area contributed by atoms with Crippen LogP contribution in [0.1, 0.15) is 38.2 Å². The molecule has 3 nitrogen and oxygen atoms in total. The van der Waals surface area contributed by atoms with Gasteiger partial charge in [0.25, 0.3) is 0 Å². The van der Waals surface area contributed by atoms with Crippen molar-refractivity contribution < 1.29 is 14.3 Å². The SMILES string of the molecule is COc1ccc(C(=O)c2ccc(OC)cc2Cc2ccccc2)c(Cc2ccccc2)c1. The Bertz CT molecular complexity index is 1100.